The summed E-state index contributed by atoms with van der Waals surface area (Å²) in [6.07, 6.45) is 8.03. The first kappa shape index (κ1) is 18.5. The predicted octanol–water partition coefficient (Wildman–Crippen LogP) is 5.09. The summed E-state index contributed by atoms with van der Waals surface area (Å²) in [5, 5.41) is 10.4. The van der Waals surface area contributed by atoms with Crippen molar-refractivity contribution in [3.63, 3.8) is 0 Å². The second-order valence-corrected chi connectivity index (χ2v) is 8.83. The minimum atomic E-state index is 0.140. The van der Waals surface area contributed by atoms with Gasteiger partial charge in [-0.1, -0.05) is 25.1 Å². The Hall–Kier alpha value is -1.32. The Labute approximate surface area is 157 Å². The number of thioether (sulfide) groups is 1. The van der Waals surface area contributed by atoms with Crippen LogP contribution in [0.15, 0.2) is 9.95 Å². The number of aryl methyl sites for hydroxylation is 2. The number of fused-ring (bicyclic) bond motifs is 3. The van der Waals surface area contributed by atoms with Crippen LogP contribution in [-0.4, -0.2) is 15.3 Å². The van der Waals surface area contributed by atoms with E-state index in [0.29, 0.717) is 6.42 Å². The largest absolute Gasteiger partial charge is 0.284 e. The number of nitriles is 1. The Bertz CT molecular complexity index is 847. The van der Waals surface area contributed by atoms with Gasteiger partial charge in [-0.05, 0) is 51.0 Å². The molecule has 0 radical (unpaired) electrons. The van der Waals surface area contributed by atoms with Crippen LogP contribution in [0.1, 0.15) is 68.9 Å². The van der Waals surface area contributed by atoms with Crippen LogP contribution in [-0.2, 0) is 12.8 Å². The SMILES string of the molecule is CCC(C)n1c(SCCCC#N)nc2sc3c(c2c1=O)CCCCC3. The fourth-order valence-electron chi connectivity index (χ4n) is 3.36. The molecule has 2 aromatic rings. The van der Waals surface area contributed by atoms with Gasteiger partial charge < -0.3 is 0 Å². The molecule has 1 aliphatic rings. The Morgan fingerprint density at radius 2 is 2.16 bits per heavy atom. The minimum Gasteiger partial charge on any atom is -0.284 e. The topological polar surface area (TPSA) is 58.7 Å². The fourth-order valence-corrected chi connectivity index (χ4v) is 5.70. The lowest BCUT2D eigenvalue weighted by atomic mass is 10.1. The van der Waals surface area contributed by atoms with Crippen molar-refractivity contribution in [3.05, 3.63) is 20.8 Å². The molecule has 0 saturated heterocycles. The second kappa shape index (κ2) is 8.37. The van der Waals surface area contributed by atoms with E-state index in [1.54, 1.807) is 23.1 Å². The van der Waals surface area contributed by atoms with Gasteiger partial charge in [0.2, 0.25) is 0 Å². The normalized spacial score (nSPS) is 15.6. The van der Waals surface area contributed by atoms with Crippen LogP contribution < -0.4 is 5.56 Å². The molecule has 0 bridgehead atoms. The van der Waals surface area contributed by atoms with Gasteiger partial charge in [-0.15, -0.1) is 11.3 Å². The molecule has 25 heavy (non-hydrogen) atoms. The molecular formula is C19H25N3OS2. The van der Waals surface area contributed by atoms with E-state index in [-0.39, 0.29) is 11.6 Å². The van der Waals surface area contributed by atoms with Crippen LogP contribution in [0.4, 0.5) is 0 Å². The zero-order chi connectivity index (χ0) is 17.8. The van der Waals surface area contributed by atoms with E-state index in [2.05, 4.69) is 19.9 Å². The average Bonchev–Trinajstić information content (AvgIpc) is 2.80. The molecule has 0 amide bonds. The number of hydrogen-bond donors (Lipinski definition) is 0. The summed E-state index contributed by atoms with van der Waals surface area (Å²) in [5.74, 6) is 0.826. The van der Waals surface area contributed by atoms with Gasteiger partial charge in [-0.25, -0.2) is 4.98 Å². The summed E-state index contributed by atoms with van der Waals surface area (Å²) in [6, 6.07) is 2.32. The molecular weight excluding hydrogens is 350 g/mol. The summed E-state index contributed by atoms with van der Waals surface area (Å²) < 4.78 is 1.90. The second-order valence-electron chi connectivity index (χ2n) is 6.68. The highest BCUT2D eigenvalue weighted by atomic mass is 32.2. The van der Waals surface area contributed by atoms with Crippen molar-refractivity contribution < 1.29 is 0 Å². The van der Waals surface area contributed by atoms with Gasteiger partial charge in [0, 0.05) is 23.1 Å². The van der Waals surface area contributed by atoms with Crippen LogP contribution in [0, 0.1) is 11.3 Å². The van der Waals surface area contributed by atoms with Crippen LogP contribution in [0.2, 0.25) is 0 Å². The molecule has 0 aliphatic heterocycles. The third-order valence-electron chi connectivity index (χ3n) is 4.93. The first-order valence-electron chi connectivity index (χ1n) is 9.23. The molecule has 1 atom stereocenters. The summed E-state index contributed by atoms with van der Waals surface area (Å²) in [6.45, 7) is 4.21. The molecule has 0 saturated carbocycles. The van der Waals surface area contributed by atoms with Crippen LogP contribution in [0.3, 0.4) is 0 Å². The Morgan fingerprint density at radius 1 is 1.36 bits per heavy atom. The van der Waals surface area contributed by atoms with Crippen LogP contribution >= 0.6 is 23.1 Å². The molecule has 2 aromatic heterocycles. The van der Waals surface area contributed by atoms with Crippen molar-refractivity contribution in [1.82, 2.24) is 9.55 Å². The van der Waals surface area contributed by atoms with Crippen LogP contribution in [0.5, 0.6) is 0 Å². The molecule has 0 fully saturated rings. The smallest absolute Gasteiger partial charge is 0.263 e. The number of aromatic nitrogens is 2. The van der Waals surface area contributed by atoms with E-state index >= 15 is 0 Å². The standard InChI is InChI=1S/C19H25N3OS2/c1-3-13(2)22-18(23)16-14-9-5-4-6-10-15(14)25-17(16)21-19(22)24-12-8-7-11-20/h13H,3-10,12H2,1-2H3. The van der Waals surface area contributed by atoms with Gasteiger partial charge >= 0.3 is 0 Å². The summed E-state index contributed by atoms with van der Waals surface area (Å²) >= 11 is 3.34. The number of nitrogens with zero attached hydrogens (tertiary/aromatic N) is 3. The maximum Gasteiger partial charge on any atom is 0.263 e. The quantitative estimate of drug-likeness (QED) is 0.305. The third-order valence-corrected chi connectivity index (χ3v) is 7.16. The first-order chi connectivity index (χ1) is 12.2. The van der Waals surface area contributed by atoms with Gasteiger partial charge in [-0.2, -0.15) is 5.26 Å². The van der Waals surface area contributed by atoms with E-state index in [9.17, 15) is 4.79 Å². The minimum absolute atomic E-state index is 0.140. The van der Waals surface area contributed by atoms with Crippen LogP contribution in [0.25, 0.3) is 10.2 Å². The molecule has 0 spiro atoms. The Balaban J connectivity index is 2.09. The molecule has 1 unspecified atom stereocenters. The highest BCUT2D eigenvalue weighted by molar-refractivity contribution is 7.99. The maximum absolute atomic E-state index is 13.3. The molecule has 0 aromatic carbocycles. The number of unbranched alkanes of at least 4 members (excludes halogenated alkanes) is 1. The Kier molecular flexibility index (Phi) is 6.19. The Morgan fingerprint density at radius 3 is 2.92 bits per heavy atom. The van der Waals surface area contributed by atoms with E-state index in [1.807, 2.05) is 4.57 Å². The predicted molar refractivity (Wildman–Crippen MR) is 106 cm³/mol. The van der Waals surface area contributed by atoms with Crippen molar-refractivity contribution in [3.8, 4) is 6.07 Å². The van der Waals surface area contributed by atoms with Crippen molar-refractivity contribution >= 4 is 33.3 Å². The number of hydrogen-bond acceptors (Lipinski definition) is 5. The lowest BCUT2D eigenvalue weighted by Gasteiger charge is -2.17. The molecule has 1 aliphatic carbocycles. The zero-order valence-electron chi connectivity index (χ0n) is 15.0. The van der Waals surface area contributed by atoms with E-state index in [0.717, 1.165) is 46.8 Å². The molecule has 4 nitrogen and oxygen atoms in total. The van der Waals surface area contributed by atoms with Crippen molar-refractivity contribution in [2.24, 2.45) is 0 Å². The first-order valence-corrected chi connectivity index (χ1v) is 11.0. The number of thiophene rings is 1. The van der Waals surface area contributed by atoms with Crippen molar-refractivity contribution in [1.29, 1.82) is 5.26 Å². The molecule has 6 heteroatoms. The molecule has 3 rings (SSSR count). The van der Waals surface area contributed by atoms with E-state index in [4.69, 9.17) is 10.2 Å². The van der Waals surface area contributed by atoms with Gasteiger partial charge in [0.05, 0.1) is 11.5 Å². The van der Waals surface area contributed by atoms with Gasteiger partial charge in [0.1, 0.15) is 4.83 Å². The van der Waals surface area contributed by atoms with Gasteiger partial charge in [0.25, 0.3) is 5.56 Å². The van der Waals surface area contributed by atoms with E-state index in [1.165, 1.54) is 29.7 Å². The van der Waals surface area contributed by atoms with E-state index < -0.39 is 0 Å². The van der Waals surface area contributed by atoms with Gasteiger partial charge in [0.15, 0.2) is 5.16 Å². The highest BCUT2D eigenvalue weighted by Crippen LogP contribution is 2.34. The summed E-state index contributed by atoms with van der Waals surface area (Å²) in [4.78, 5) is 20.5. The average molecular weight is 376 g/mol. The lowest BCUT2D eigenvalue weighted by molar-refractivity contribution is 0.468. The highest BCUT2D eigenvalue weighted by Gasteiger charge is 2.22. The van der Waals surface area contributed by atoms with Gasteiger partial charge in [-0.3, -0.25) is 9.36 Å². The fraction of sp³-hybridized carbons (Fsp3) is 0.632. The monoisotopic (exact) mass is 375 g/mol. The van der Waals surface area contributed by atoms with Crippen molar-refractivity contribution in [2.75, 3.05) is 5.75 Å². The van der Waals surface area contributed by atoms with Crippen molar-refractivity contribution in [2.45, 2.75) is 76.4 Å². The maximum atomic E-state index is 13.3. The molecule has 0 N–H and O–H groups in total. The molecule has 2 heterocycles. The number of rotatable bonds is 6. The summed E-state index contributed by atoms with van der Waals surface area (Å²) in [7, 11) is 0. The summed E-state index contributed by atoms with van der Waals surface area (Å²) in [5.41, 5.74) is 1.41. The molecule has 134 valence electrons. The zero-order valence-corrected chi connectivity index (χ0v) is 16.6. The third kappa shape index (κ3) is 3.78. The lowest BCUT2D eigenvalue weighted by Crippen LogP contribution is -2.26.